The second-order valence-corrected chi connectivity index (χ2v) is 8.47. The van der Waals surface area contributed by atoms with Crippen LogP contribution in [0.4, 0.5) is 0 Å². The zero-order valence-electron chi connectivity index (χ0n) is 12.7. The van der Waals surface area contributed by atoms with Gasteiger partial charge in [0.15, 0.2) is 0 Å². The summed E-state index contributed by atoms with van der Waals surface area (Å²) in [6, 6.07) is 9.28. The molecule has 4 atom stereocenters. The van der Waals surface area contributed by atoms with Gasteiger partial charge < -0.3 is 14.7 Å². The lowest BCUT2D eigenvalue weighted by Crippen LogP contribution is -2.24. The quantitative estimate of drug-likeness (QED) is 0.752. The molecule has 5 nitrogen and oxygen atoms in total. The van der Waals surface area contributed by atoms with Crippen molar-refractivity contribution < 1.29 is 24.1 Å². The van der Waals surface area contributed by atoms with Crippen LogP contribution in [0.15, 0.2) is 30.3 Å². The van der Waals surface area contributed by atoms with Crippen LogP contribution in [0, 0.1) is 5.92 Å². The molecule has 0 aliphatic carbocycles. The van der Waals surface area contributed by atoms with Gasteiger partial charge in [-0.2, -0.15) is 0 Å². The summed E-state index contributed by atoms with van der Waals surface area (Å²) in [5.74, 6) is -1.30. The Hall–Kier alpha value is -1.16. The summed E-state index contributed by atoms with van der Waals surface area (Å²) in [6.07, 6.45) is 1.36. The van der Waals surface area contributed by atoms with Crippen LogP contribution in [0.25, 0.3) is 0 Å². The lowest BCUT2D eigenvalue weighted by molar-refractivity contribution is -0.141. The van der Waals surface area contributed by atoms with E-state index in [1.54, 1.807) is 6.92 Å². The van der Waals surface area contributed by atoms with Crippen molar-refractivity contribution >= 4 is 13.3 Å². The Morgan fingerprint density at radius 1 is 1.41 bits per heavy atom. The fourth-order valence-corrected chi connectivity index (χ4v) is 5.11. The Labute approximate surface area is 130 Å². The van der Waals surface area contributed by atoms with Crippen molar-refractivity contribution in [3.8, 4) is 0 Å². The Morgan fingerprint density at radius 2 is 2.09 bits per heavy atom. The molecule has 1 fully saturated rings. The van der Waals surface area contributed by atoms with Crippen molar-refractivity contribution in [1.29, 1.82) is 0 Å². The summed E-state index contributed by atoms with van der Waals surface area (Å²) in [7, 11) is -3.37. The van der Waals surface area contributed by atoms with Crippen molar-refractivity contribution in [2.75, 3.05) is 6.61 Å². The minimum atomic E-state index is -3.37. The van der Waals surface area contributed by atoms with Gasteiger partial charge >= 0.3 is 5.97 Å². The average Bonchev–Trinajstić information content (AvgIpc) is 2.94. The van der Waals surface area contributed by atoms with Crippen molar-refractivity contribution in [2.45, 2.75) is 44.1 Å². The third-order valence-electron chi connectivity index (χ3n) is 4.25. The molecule has 2 N–H and O–H groups in total. The molecule has 0 radical (unpaired) electrons. The Balaban J connectivity index is 1.99. The first-order valence-electron chi connectivity index (χ1n) is 7.60. The van der Waals surface area contributed by atoms with Gasteiger partial charge in [0.25, 0.3) is 0 Å². The van der Waals surface area contributed by atoms with Crippen molar-refractivity contribution in [3.05, 3.63) is 35.9 Å². The second kappa shape index (κ2) is 7.40. The predicted molar refractivity (Wildman–Crippen MR) is 84.2 cm³/mol. The van der Waals surface area contributed by atoms with Gasteiger partial charge in [0.1, 0.15) is 0 Å². The van der Waals surface area contributed by atoms with E-state index in [1.807, 2.05) is 30.3 Å². The monoisotopic (exact) mass is 326 g/mol. The van der Waals surface area contributed by atoms with E-state index in [9.17, 15) is 14.3 Å². The molecule has 0 saturated carbocycles. The van der Waals surface area contributed by atoms with E-state index >= 15 is 0 Å². The molecule has 1 heterocycles. The molecule has 1 aliphatic heterocycles. The molecule has 22 heavy (non-hydrogen) atoms. The number of hydrogen-bond acceptors (Lipinski definition) is 3. The molecule has 1 aliphatic rings. The highest BCUT2D eigenvalue weighted by molar-refractivity contribution is 7.58. The summed E-state index contributed by atoms with van der Waals surface area (Å²) < 4.78 is 18.3. The summed E-state index contributed by atoms with van der Waals surface area (Å²) in [6.45, 7) is 2.12. The van der Waals surface area contributed by atoms with E-state index in [1.165, 1.54) is 0 Å². The van der Waals surface area contributed by atoms with Gasteiger partial charge in [0, 0.05) is 12.8 Å². The number of carboxylic acid groups (broad SMARTS) is 1. The number of rotatable bonds is 7. The fraction of sp³-hybridized carbons (Fsp3) is 0.562. The largest absolute Gasteiger partial charge is 0.481 e. The van der Waals surface area contributed by atoms with Gasteiger partial charge in [-0.15, -0.1) is 0 Å². The maximum Gasteiger partial charge on any atom is 0.306 e. The summed E-state index contributed by atoms with van der Waals surface area (Å²) >= 11 is 0. The normalized spacial score (nSPS) is 25.5. The van der Waals surface area contributed by atoms with Gasteiger partial charge in [-0.25, -0.2) is 0 Å². The Kier molecular flexibility index (Phi) is 5.79. The zero-order chi connectivity index (χ0) is 16.2. The minimum absolute atomic E-state index is 0.146. The molecule has 1 aromatic rings. The molecular formula is C16H23O5P. The predicted octanol–water partition coefficient (Wildman–Crippen LogP) is 3.12. The maximum absolute atomic E-state index is 12.7. The van der Waals surface area contributed by atoms with Crippen molar-refractivity contribution in [2.24, 2.45) is 5.92 Å². The van der Waals surface area contributed by atoms with Gasteiger partial charge in [-0.3, -0.25) is 9.36 Å². The van der Waals surface area contributed by atoms with E-state index in [0.717, 1.165) is 5.56 Å². The third-order valence-corrected chi connectivity index (χ3v) is 6.70. The lowest BCUT2D eigenvalue weighted by Gasteiger charge is -2.24. The Morgan fingerprint density at radius 3 is 2.73 bits per heavy atom. The molecule has 6 heteroatoms. The zero-order valence-corrected chi connectivity index (χ0v) is 13.6. The van der Waals surface area contributed by atoms with Crippen LogP contribution < -0.4 is 0 Å². The average molecular weight is 326 g/mol. The highest BCUT2D eigenvalue weighted by Gasteiger charge is 2.41. The number of aliphatic carboxylic acids is 1. The minimum Gasteiger partial charge on any atom is -0.481 e. The molecule has 1 saturated heterocycles. The number of carboxylic acids is 1. The first kappa shape index (κ1) is 17.2. The summed E-state index contributed by atoms with van der Waals surface area (Å²) in [5, 5.41) is 8.93. The van der Waals surface area contributed by atoms with E-state index in [-0.39, 0.29) is 12.3 Å². The summed E-state index contributed by atoms with van der Waals surface area (Å²) in [5.41, 5.74) is 0.451. The number of carbonyl (C=O) groups is 1. The van der Waals surface area contributed by atoms with E-state index in [2.05, 4.69) is 0 Å². The second-order valence-electron chi connectivity index (χ2n) is 5.98. The highest BCUT2D eigenvalue weighted by atomic mass is 31.2. The number of ether oxygens (including phenoxy) is 1. The first-order chi connectivity index (χ1) is 10.4. The number of hydrogen-bond donors (Lipinski definition) is 2. The van der Waals surface area contributed by atoms with Crippen molar-refractivity contribution in [3.63, 3.8) is 0 Å². The molecular weight excluding hydrogens is 303 g/mol. The van der Waals surface area contributed by atoms with Crippen LogP contribution in [0.1, 0.15) is 31.7 Å². The van der Waals surface area contributed by atoms with Crippen LogP contribution >= 0.6 is 7.37 Å². The topological polar surface area (TPSA) is 83.8 Å². The van der Waals surface area contributed by atoms with E-state index in [4.69, 9.17) is 9.84 Å². The van der Waals surface area contributed by atoms with Gasteiger partial charge in [-0.1, -0.05) is 37.3 Å². The van der Waals surface area contributed by atoms with E-state index < -0.39 is 24.9 Å². The fourth-order valence-electron chi connectivity index (χ4n) is 2.87. The van der Waals surface area contributed by atoms with Crippen LogP contribution in [0.3, 0.4) is 0 Å². The standard InChI is InChI=1S/C16H23O5P/c1-12(16(17)18)7-8-14-15(9-10-21-14)22(19,20)11-13-5-3-2-4-6-13/h2-6,12,14-15H,7-11H2,1H3,(H,17,18)(H,19,20). The molecule has 0 bridgehead atoms. The molecule has 1 aromatic carbocycles. The van der Waals surface area contributed by atoms with Gasteiger partial charge in [0.2, 0.25) is 7.37 Å². The smallest absolute Gasteiger partial charge is 0.306 e. The molecule has 122 valence electrons. The van der Waals surface area contributed by atoms with Crippen LogP contribution in [0.2, 0.25) is 0 Å². The highest BCUT2D eigenvalue weighted by Crippen LogP contribution is 2.55. The lowest BCUT2D eigenvalue weighted by atomic mass is 10.0. The SMILES string of the molecule is CC(CCC1OCCC1P(=O)(O)Cc1ccccc1)C(=O)O. The molecule has 4 unspecified atom stereocenters. The molecule has 0 aromatic heterocycles. The maximum atomic E-state index is 12.7. The summed E-state index contributed by atoms with van der Waals surface area (Å²) in [4.78, 5) is 21.4. The molecule has 2 rings (SSSR count). The molecule has 0 amide bonds. The third kappa shape index (κ3) is 4.42. The molecule has 0 spiro atoms. The van der Waals surface area contributed by atoms with Crippen LogP contribution in [0.5, 0.6) is 0 Å². The van der Waals surface area contributed by atoms with Crippen LogP contribution in [-0.4, -0.2) is 34.3 Å². The van der Waals surface area contributed by atoms with Crippen molar-refractivity contribution in [1.82, 2.24) is 0 Å². The Bertz CT molecular complexity index is 545. The van der Waals surface area contributed by atoms with Gasteiger partial charge in [0.05, 0.1) is 17.7 Å². The van der Waals surface area contributed by atoms with E-state index in [0.29, 0.717) is 25.9 Å². The number of benzene rings is 1. The van der Waals surface area contributed by atoms with Gasteiger partial charge in [-0.05, 0) is 24.8 Å². The van der Waals surface area contributed by atoms with Crippen LogP contribution in [-0.2, 0) is 20.3 Å². The first-order valence-corrected chi connectivity index (χ1v) is 9.51.